The van der Waals surface area contributed by atoms with Crippen molar-refractivity contribution in [2.75, 3.05) is 19.0 Å². The lowest BCUT2D eigenvalue weighted by Crippen LogP contribution is -2.08. The largest absolute Gasteiger partial charge is 0.452 e. The lowest BCUT2D eigenvalue weighted by molar-refractivity contribution is -0.131. The third-order valence-corrected chi connectivity index (χ3v) is 3.61. The molecule has 0 radical (unpaired) electrons. The van der Waals surface area contributed by atoms with Crippen molar-refractivity contribution in [2.24, 2.45) is 0 Å². The van der Waals surface area contributed by atoms with Crippen molar-refractivity contribution >= 4 is 23.5 Å². The summed E-state index contributed by atoms with van der Waals surface area (Å²) in [5, 5.41) is 0. The number of ether oxygens (including phenoxy) is 2. The maximum absolute atomic E-state index is 12.5. The first-order valence-corrected chi connectivity index (χ1v) is 7.48. The Bertz CT molecular complexity index is 835. The molecule has 1 heterocycles. The zero-order valence-corrected chi connectivity index (χ0v) is 13.7. The monoisotopic (exact) mass is 323 g/mol. The van der Waals surface area contributed by atoms with E-state index in [4.69, 9.17) is 9.47 Å². The molecule has 0 fully saturated rings. The number of Topliss-reactive ketones (excluding diaryl/α,β-unsaturated/α-hetero) is 1. The fourth-order valence-corrected chi connectivity index (χ4v) is 2.42. The van der Waals surface area contributed by atoms with E-state index in [-0.39, 0.29) is 11.5 Å². The van der Waals surface area contributed by atoms with Crippen LogP contribution in [0.1, 0.15) is 22.8 Å². The standard InChI is InChI=1S/C19H17NO4/c1-12(21)23-15-8-9-17-16(11-15)19(22)18(24-17)10-13-4-6-14(7-5-13)20(2)3/h4-11H,1-3H3/b18-10-. The quantitative estimate of drug-likeness (QED) is 0.493. The molecule has 3 rings (SSSR count). The Balaban J connectivity index is 1.86. The van der Waals surface area contributed by atoms with Gasteiger partial charge in [0.05, 0.1) is 5.56 Å². The lowest BCUT2D eigenvalue weighted by Gasteiger charge is -2.11. The predicted molar refractivity (Wildman–Crippen MR) is 91.5 cm³/mol. The van der Waals surface area contributed by atoms with Crippen molar-refractivity contribution in [1.29, 1.82) is 0 Å². The fourth-order valence-electron chi connectivity index (χ4n) is 2.42. The number of hydrogen-bond acceptors (Lipinski definition) is 5. The molecule has 2 aromatic rings. The number of carbonyl (C=O) groups excluding carboxylic acids is 2. The summed E-state index contributed by atoms with van der Waals surface area (Å²) in [5.41, 5.74) is 2.34. The molecular weight excluding hydrogens is 306 g/mol. The van der Waals surface area contributed by atoms with Crippen molar-refractivity contribution < 1.29 is 19.1 Å². The molecule has 5 nitrogen and oxygen atoms in total. The van der Waals surface area contributed by atoms with Crippen LogP contribution >= 0.6 is 0 Å². The van der Waals surface area contributed by atoms with Crippen molar-refractivity contribution in [1.82, 2.24) is 0 Å². The Morgan fingerprint density at radius 1 is 1.12 bits per heavy atom. The molecule has 1 aliphatic heterocycles. The van der Waals surface area contributed by atoms with Gasteiger partial charge in [-0.2, -0.15) is 0 Å². The van der Waals surface area contributed by atoms with Crippen LogP contribution in [-0.2, 0) is 4.79 Å². The Hall–Kier alpha value is -3.08. The first-order chi connectivity index (χ1) is 11.4. The van der Waals surface area contributed by atoms with Crippen LogP contribution in [-0.4, -0.2) is 25.8 Å². The Morgan fingerprint density at radius 2 is 1.83 bits per heavy atom. The Kier molecular flexibility index (Phi) is 4.08. The van der Waals surface area contributed by atoms with E-state index in [0.717, 1.165) is 11.3 Å². The van der Waals surface area contributed by atoms with Crippen LogP contribution in [0.5, 0.6) is 11.5 Å². The van der Waals surface area contributed by atoms with E-state index in [1.807, 2.05) is 43.3 Å². The number of nitrogens with zero attached hydrogens (tertiary/aromatic N) is 1. The number of hydrogen-bond donors (Lipinski definition) is 0. The van der Waals surface area contributed by atoms with Crippen LogP contribution in [0.15, 0.2) is 48.2 Å². The van der Waals surface area contributed by atoms with Gasteiger partial charge in [-0.25, -0.2) is 0 Å². The molecule has 5 heteroatoms. The van der Waals surface area contributed by atoms with Gasteiger partial charge in [-0.15, -0.1) is 0 Å². The molecule has 0 unspecified atom stereocenters. The second-order valence-electron chi connectivity index (χ2n) is 5.68. The minimum Gasteiger partial charge on any atom is -0.452 e. The summed E-state index contributed by atoms with van der Waals surface area (Å²) >= 11 is 0. The van der Waals surface area contributed by atoms with Crippen molar-refractivity contribution in [3.8, 4) is 11.5 Å². The van der Waals surface area contributed by atoms with Crippen LogP contribution in [0.2, 0.25) is 0 Å². The first-order valence-electron chi connectivity index (χ1n) is 7.48. The summed E-state index contributed by atoms with van der Waals surface area (Å²) in [5.74, 6) is 0.387. The summed E-state index contributed by atoms with van der Waals surface area (Å²) in [6.07, 6.45) is 1.70. The summed E-state index contributed by atoms with van der Waals surface area (Å²) in [6, 6.07) is 12.5. The molecular formula is C19H17NO4. The van der Waals surface area contributed by atoms with E-state index < -0.39 is 5.97 Å². The predicted octanol–water partition coefficient (Wildman–Crippen LogP) is 3.29. The Labute approximate surface area is 140 Å². The summed E-state index contributed by atoms with van der Waals surface area (Å²) in [7, 11) is 3.93. The number of carbonyl (C=O) groups is 2. The van der Waals surface area contributed by atoms with Gasteiger partial charge in [0.2, 0.25) is 5.78 Å². The highest BCUT2D eigenvalue weighted by Crippen LogP contribution is 2.34. The highest BCUT2D eigenvalue weighted by Gasteiger charge is 2.28. The number of ketones is 1. The van der Waals surface area contributed by atoms with E-state index in [1.54, 1.807) is 18.2 Å². The topological polar surface area (TPSA) is 55.8 Å². The molecule has 0 N–H and O–H groups in total. The van der Waals surface area contributed by atoms with Gasteiger partial charge in [-0.3, -0.25) is 9.59 Å². The lowest BCUT2D eigenvalue weighted by atomic mass is 10.1. The second kappa shape index (κ2) is 6.20. The highest BCUT2D eigenvalue weighted by molar-refractivity contribution is 6.14. The first kappa shape index (κ1) is 15.8. The third-order valence-electron chi connectivity index (χ3n) is 3.61. The number of esters is 1. The van der Waals surface area contributed by atoms with Crippen molar-refractivity contribution in [3.63, 3.8) is 0 Å². The second-order valence-corrected chi connectivity index (χ2v) is 5.68. The zero-order valence-electron chi connectivity index (χ0n) is 13.7. The number of allylic oxidation sites excluding steroid dienone is 1. The molecule has 0 saturated heterocycles. The van der Waals surface area contributed by atoms with E-state index >= 15 is 0 Å². The molecule has 24 heavy (non-hydrogen) atoms. The Morgan fingerprint density at radius 3 is 2.46 bits per heavy atom. The molecule has 0 aromatic heterocycles. The summed E-state index contributed by atoms with van der Waals surface area (Å²) < 4.78 is 10.6. The van der Waals surface area contributed by atoms with Gasteiger partial charge in [0.15, 0.2) is 5.76 Å². The molecule has 0 saturated carbocycles. The number of rotatable bonds is 3. The van der Waals surface area contributed by atoms with E-state index in [0.29, 0.717) is 17.1 Å². The average molecular weight is 323 g/mol. The molecule has 122 valence electrons. The van der Waals surface area contributed by atoms with Crippen LogP contribution in [0.25, 0.3) is 6.08 Å². The molecule has 0 atom stereocenters. The van der Waals surface area contributed by atoms with Gasteiger partial charge < -0.3 is 14.4 Å². The molecule has 1 aliphatic rings. The summed E-state index contributed by atoms with van der Waals surface area (Å²) in [4.78, 5) is 25.5. The molecule has 0 bridgehead atoms. The molecule has 0 amide bonds. The maximum Gasteiger partial charge on any atom is 0.308 e. The van der Waals surface area contributed by atoms with Gasteiger partial charge in [0, 0.05) is 26.7 Å². The number of benzene rings is 2. The van der Waals surface area contributed by atoms with Gasteiger partial charge in [0.25, 0.3) is 0 Å². The number of fused-ring (bicyclic) bond motifs is 1. The molecule has 0 aliphatic carbocycles. The SMILES string of the molecule is CC(=O)Oc1ccc2c(c1)C(=O)/C(=C/c1ccc(N(C)C)cc1)O2. The van der Waals surface area contributed by atoms with Crippen molar-refractivity contribution in [3.05, 3.63) is 59.4 Å². The van der Waals surface area contributed by atoms with Gasteiger partial charge >= 0.3 is 5.97 Å². The third kappa shape index (κ3) is 3.15. The van der Waals surface area contributed by atoms with Crippen LogP contribution < -0.4 is 14.4 Å². The van der Waals surface area contributed by atoms with Crippen molar-refractivity contribution in [2.45, 2.75) is 6.92 Å². The van der Waals surface area contributed by atoms with E-state index in [2.05, 4.69) is 0 Å². The van der Waals surface area contributed by atoms with Gasteiger partial charge in [-0.1, -0.05) is 12.1 Å². The molecule has 2 aromatic carbocycles. The summed E-state index contributed by atoms with van der Waals surface area (Å²) in [6.45, 7) is 1.31. The maximum atomic E-state index is 12.5. The highest BCUT2D eigenvalue weighted by atomic mass is 16.5. The van der Waals surface area contributed by atoms with E-state index in [1.165, 1.54) is 13.0 Å². The average Bonchev–Trinajstić information content (AvgIpc) is 2.83. The normalized spacial score (nSPS) is 14.3. The zero-order chi connectivity index (χ0) is 17.3. The minimum atomic E-state index is -0.432. The van der Waals surface area contributed by atoms with Crippen LogP contribution in [0.4, 0.5) is 5.69 Å². The molecule has 0 spiro atoms. The van der Waals surface area contributed by atoms with Gasteiger partial charge in [-0.05, 0) is 42.0 Å². The van der Waals surface area contributed by atoms with Crippen LogP contribution in [0, 0.1) is 0 Å². The smallest absolute Gasteiger partial charge is 0.308 e. The van der Waals surface area contributed by atoms with E-state index in [9.17, 15) is 9.59 Å². The number of anilines is 1. The van der Waals surface area contributed by atoms with Crippen LogP contribution in [0.3, 0.4) is 0 Å². The van der Waals surface area contributed by atoms with Gasteiger partial charge in [0.1, 0.15) is 11.5 Å². The fraction of sp³-hybridized carbons (Fsp3) is 0.158. The minimum absolute atomic E-state index is 0.226.